The van der Waals surface area contributed by atoms with Crippen LogP contribution in [0.25, 0.3) is 5.69 Å². The molecule has 30 heavy (non-hydrogen) atoms. The highest BCUT2D eigenvalue weighted by Gasteiger charge is 2.27. The molecule has 1 aromatic heterocycles. The van der Waals surface area contributed by atoms with Gasteiger partial charge in [-0.2, -0.15) is 0 Å². The van der Waals surface area contributed by atoms with Crippen molar-refractivity contribution in [2.24, 2.45) is 0 Å². The predicted molar refractivity (Wildman–Crippen MR) is 118 cm³/mol. The number of aromatic nitrogens is 3. The maximum Gasteiger partial charge on any atom is 0.220 e. The minimum atomic E-state index is -0.523. The molecule has 0 fully saturated rings. The second-order valence-electron chi connectivity index (χ2n) is 6.28. The summed E-state index contributed by atoms with van der Waals surface area (Å²) in [6.45, 7) is 3.88. The van der Waals surface area contributed by atoms with E-state index in [1.54, 1.807) is 19.2 Å². The fourth-order valence-electron chi connectivity index (χ4n) is 2.98. The Morgan fingerprint density at radius 3 is 2.60 bits per heavy atom. The second-order valence-corrected chi connectivity index (χ2v) is 8.30. The highest BCUT2D eigenvalue weighted by atomic mass is 79.9. The first-order valence-corrected chi connectivity index (χ1v) is 10.9. The number of nitrogens with zero attached hydrogens (tertiary/aromatic N) is 4. The van der Waals surface area contributed by atoms with Gasteiger partial charge >= 0.3 is 0 Å². The van der Waals surface area contributed by atoms with Crippen molar-refractivity contribution < 1.29 is 14.4 Å². The van der Waals surface area contributed by atoms with Gasteiger partial charge in [-0.25, -0.2) is 0 Å². The van der Waals surface area contributed by atoms with E-state index < -0.39 is 5.25 Å². The Morgan fingerprint density at radius 2 is 1.97 bits per heavy atom. The molecular weight excluding hydrogens is 472 g/mol. The number of rotatable bonds is 9. The van der Waals surface area contributed by atoms with E-state index in [2.05, 4.69) is 26.1 Å². The van der Waals surface area contributed by atoms with Crippen LogP contribution in [0.2, 0.25) is 0 Å². The Balaban J connectivity index is 2.04. The fraction of sp³-hybridized carbons (Fsp3) is 0.300. The lowest BCUT2D eigenvalue weighted by molar-refractivity contribution is -0.479. The smallest absolute Gasteiger partial charge is 0.220 e. The minimum Gasteiger partial charge on any atom is -0.493 e. The number of hydrogen-bond donors (Lipinski definition) is 0. The van der Waals surface area contributed by atoms with E-state index in [-0.39, 0.29) is 11.5 Å². The molecule has 0 aliphatic carbocycles. The van der Waals surface area contributed by atoms with E-state index in [0.29, 0.717) is 33.6 Å². The molecule has 1 heterocycles. The van der Waals surface area contributed by atoms with Crippen LogP contribution in [0.5, 0.6) is 11.5 Å². The molecule has 0 bridgehead atoms. The van der Waals surface area contributed by atoms with Crippen molar-refractivity contribution in [3.63, 3.8) is 0 Å². The molecule has 0 N–H and O–H groups in total. The first-order chi connectivity index (χ1) is 14.4. The summed E-state index contributed by atoms with van der Waals surface area (Å²) in [4.78, 5) is 11.1. The van der Waals surface area contributed by atoms with E-state index in [1.807, 2.05) is 48.7 Å². The summed E-state index contributed by atoms with van der Waals surface area (Å²) in [5.74, 6) is 1.79. The molecule has 0 spiro atoms. The van der Waals surface area contributed by atoms with Crippen molar-refractivity contribution in [2.45, 2.75) is 24.3 Å². The average Bonchev–Trinajstić information content (AvgIpc) is 3.09. The zero-order valence-electron chi connectivity index (χ0n) is 16.7. The molecule has 1 atom stereocenters. The van der Waals surface area contributed by atoms with E-state index in [0.717, 1.165) is 11.3 Å². The molecule has 0 amide bonds. The molecule has 2 aromatic carbocycles. The largest absolute Gasteiger partial charge is 0.493 e. The Labute approximate surface area is 186 Å². The molecule has 0 saturated carbocycles. The number of benzene rings is 2. The highest BCUT2D eigenvalue weighted by molar-refractivity contribution is 9.10. The van der Waals surface area contributed by atoms with Crippen molar-refractivity contribution in [1.82, 2.24) is 14.8 Å². The lowest BCUT2D eigenvalue weighted by Crippen LogP contribution is -2.12. The molecule has 3 aromatic rings. The summed E-state index contributed by atoms with van der Waals surface area (Å²) in [6, 6.07) is 13.2. The number of thioether (sulfide) groups is 1. The number of nitro groups is 1. The Hall–Kier alpha value is -2.59. The predicted octanol–water partition coefficient (Wildman–Crippen LogP) is 4.86. The molecule has 0 unspecified atom stereocenters. The second kappa shape index (κ2) is 9.94. The third-order valence-electron chi connectivity index (χ3n) is 4.30. The maximum atomic E-state index is 11.5. The molecule has 0 saturated heterocycles. The standard InChI is InChI=1S/C20H21BrN4O4S/c1-4-29-18-10-15(16(21)11-17(18)28-3)19(12-24(26)27)30-20-23-22-13(2)25(20)14-8-6-5-7-9-14/h5-11,19H,4,12H2,1-3H3/t19-/m1/s1. The number of aryl methyl sites for hydroxylation is 1. The third kappa shape index (κ3) is 4.93. The Morgan fingerprint density at radius 1 is 1.23 bits per heavy atom. The van der Waals surface area contributed by atoms with Gasteiger partial charge < -0.3 is 9.47 Å². The van der Waals surface area contributed by atoms with Crippen LogP contribution in [-0.2, 0) is 0 Å². The zero-order valence-corrected chi connectivity index (χ0v) is 19.1. The summed E-state index contributed by atoms with van der Waals surface area (Å²) < 4.78 is 13.6. The fourth-order valence-corrected chi connectivity index (χ4v) is 4.93. The molecule has 0 aliphatic heterocycles. The number of halogens is 1. The van der Waals surface area contributed by atoms with Crippen LogP contribution in [0.15, 0.2) is 52.1 Å². The van der Waals surface area contributed by atoms with Gasteiger partial charge in [0.25, 0.3) is 0 Å². The molecule has 0 aliphatic rings. The van der Waals surface area contributed by atoms with Crippen molar-refractivity contribution >= 4 is 27.7 Å². The average molecular weight is 493 g/mol. The lowest BCUT2D eigenvalue weighted by Gasteiger charge is -2.18. The van der Waals surface area contributed by atoms with E-state index in [4.69, 9.17) is 9.47 Å². The van der Waals surface area contributed by atoms with Gasteiger partial charge in [-0.05, 0) is 43.7 Å². The molecular formula is C20H21BrN4O4S. The number of ether oxygens (including phenoxy) is 2. The van der Waals surface area contributed by atoms with Crippen molar-refractivity contribution in [2.75, 3.05) is 20.3 Å². The van der Waals surface area contributed by atoms with Gasteiger partial charge in [0, 0.05) is 15.1 Å². The normalized spacial score (nSPS) is 11.9. The minimum absolute atomic E-state index is 0.290. The molecule has 158 valence electrons. The number of para-hydroxylation sites is 1. The van der Waals surface area contributed by atoms with Crippen molar-refractivity contribution in [1.29, 1.82) is 0 Å². The van der Waals surface area contributed by atoms with Gasteiger partial charge in [-0.1, -0.05) is 45.9 Å². The van der Waals surface area contributed by atoms with Crippen LogP contribution in [-0.4, -0.2) is 39.9 Å². The topological polar surface area (TPSA) is 92.3 Å². The van der Waals surface area contributed by atoms with E-state index >= 15 is 0 Å². The monoisotopic (exact) mass is 492 g/mol. The van der Waals surface area contributed by atoms with Crippen molar-refractivity contribution in [3.05, 3.63) is 68.4 Å². The molecule has 3 rings (SSSR count). The highest BCUT2D eigenvalue weighted by Crippen LogP contribution is 2.43. The first-order valence-electron chi connectivity index (χ1n) is 9.20. The lowest BCUT2D eigenvalue weighted by atomic mass is 10.1. The zero-order chi connectivity index (χ0) is 21.7. The van der Waals surface area contributed by atoms with Crippen LogP contribution in [0.1, 0.15) is 23.6 Å². The number of hydrogen-bond acceptors (Lipinski definition) is 7. The quantitative estimate of drug-likeness (QED) is 0.239. The summed E-state index contributed by atoms with van der Waals surface area (Å²) in [5, 5.41) is 20.0. The third-order valence-corrected chi connectivity index (χ3v) is 6.15. The van der Waals surface area contributed by atoms with Crippen LogP contribution in [0.3, 0.4) is 0 Å². The first kappa shape index (κ1) is 22.1. The van der Waals surface area contributed by atoms with Gasteiger partial charge in [0.1, 0.15) is 11.1 Å². The van der Waals surface area contributed by atoms with Gasteiger partial charge in [0.2, 0.25) is 6.54 Å². The molecule has 8 nitrogen and oxygen atoms in total. The molecule has 0 radical (unpaired) electrons. The summed E-state index contributed by atoms with van der Waals surface area (Å²) in [7, 11) is 1.55. The van der Waals surface area contributed by atoms with Crippen molar-refractivity contribution in [3.8, 4) is 17.2 Å². The van der Waals surface area contributed by atoms with E-state index in [1.165, 1.54) is 11.8 Å². The number of methoxy groups -OCH3 is 1. The Kier molecular flexibility index (Phi) is 7.33. The van der Waals surface area contributed by atoms with Crippen LogP contribution >= 0.6 is 27.7 Å². The van der Waals surface area contributed by atoms with Gasteiger partial charge in [0.15, 0.2) is 16.7 Å². The summed E-state index contributed by atoms with van der Waals surface area (Å²) in [5.41, 5.74) is 1.62. The van der Waals surface area contributed by atoms with Crippen LogP contribution in [0, 0.1) is 17.0 Å². The van der Waals surface area contributed by atoms with E-state index in [9.17, 15) is 10.1 Å². The molecule has 10 heteroatoms. The Bertz CT molecular complexity index is 1030. The summed E-state index contributed by atoms with van der Waals surface area (Å²) in [6.07, 6.45) is 0. The van der Waals surface area contributed by atoms with Crippen LogP contribution < -0.4 is 9.47 Å². The van der Waals surface area contributed by atoms with Gasteiger partial charge in [0.05, 0.1) is 13.7 Å². The van der Waals surface area contributed by atoms with Gasteiger partial charge in [-0.15, -0.1) is 10.2 Å². The van der Waals surface area contributed by atoms with Crippen LogP contribution in [0.4, 0.5) is 0 Å². The maximum absolute atomic E-state index is 11.5. The van der Waals surface area contributed by atoms with Gasteiger partial charge in [-0.3, -0.25) is 14.7 Å². The summed E-state index contributed by atoms with van der Waals surface area (Å²) >= 11 is 4.82. The SMILES string of the molecule is CCOc1cc([C@@H](C[N+](=O)[O-])Sc2nnc(C)n2-c2ccccc2)c(Br)cc1OC.